The first-order chi connectivity index (χ1) is 11.3. The predicted molar refractivity (Wildman–Crippen MR) is 81.5 cm³/mol. The van der Waals surface area contributed by atoms with Crippen LogP contribution in [0.25, 0.3) is 0 Å². The average molecular weight is 364 g/mol. The highest BCUT2D eigenvalue weighted by atomic mass is 32.2. The molecule has 3 rings (SSSR count). The van der Waals surface area contributed by atoms with Gasteiger partial charge < -0.3 is 20.8 Å². The zero-order chi connectivity index (χ0) is 17.5. The van der Waals surface area contributed by atoms with Crippen LogP contribution in [-0.2, 0) is 9.63 Å². The first-order valence-corrected chi connectivity index (χ1v) is 8.10. The number of aromatic nitrogens is 2. The average Bonchev–Trinajstić information content (AvgIpc) is 2.89. The fraction of sp³-hybridized carbons (Fsp3) is 0.583. The molecular formula is C12H15F3N6O2S. The van der Waals surface area contributed by atoms with E-state index in [9.17, 15) is 18.0 Å². The molecule has 0 spiro atoms. The van der Waals surface area contributed by atoms with Crippen LogP contribution in [0.15, 0.2) is 5.03 Å². The maximum atomic E-state index is 12.5. The number of hydrogen-bond acceptors (Lipinski definition) is 9. The summed E-state index contributed by atoms with van der Waals surface area (Å²) in [5.74, 6) is -1.91. The molecule has 2 aliphatic heterocycles. The van der Waals surface area contributed by atoms with Crippen LogP contribution in [0.3, 0.4) is 0 Å². The summed E-state index contributed by atoms with van der Waals surface area (Å²) in [6.07, 6.45) is -5.08. The Labute approximate surface area is 139 Å². The number of piperazine rings is 1. The van der Waals surface area contributed by atoms with Crippen molar-refractivity contribution >= 4 is 35.2 Å². The molecule has 24 heavy (non-hydrogen) atoms. The Hall–Kier alpha value is -1.95. The number of carbonyl (C=O) groups is 1. The summed E-state index contributed by atoms with van der Waals surface area (Å²) >= 11 is 1.13. The number of hydroxylamine groups is 1. The largest absolute Gasteiger partial charge is 0.493 e. The molecule has 0 amide bonds. The lowest BCUT2D eigenvalue weighted by Gasteiger charge is -2.36. The third kappa shape index (κ3) is 3.15. The van der Waals surface area contributed by atoms with Gasteiger partial charge in [-0.1, -0.05) is 11.8 Å². The number of halogens is 3. The van der Waals surface area contributed by atoms with Crippen molar-refractivity contribution in [3.63, 3.8) is 0 Å². The Balaban J connectivity index is 1.95. The van der Waals surface area contributed by atoms with Gasteiger partial charge in [-0.3, -0.25) is 0 Å². The Morgan fingerprint density at radius 1 is 1.46 bits per heavy atom. The van der Waals surface area contributed by atoms with E-state index in [4.69, 9.17) is 5.73 Å². The molecule has 0 radical (unpaired) electrons. The van der Waals surface area contributed by atoms with E-state index in [1.54, 1.807) is 0 Å². The van der Waals surface area contributed by atoms with E-state index in [-0.39, 0.29) is 23.6 Å². The van der Waals surface area contributed by atoms with E-state index >= 15 is 0 Å². The number of fused-ring (bicyclic) bond motifs is 1. The topological polar surface area (TPSA) is 96.6 Å². The van der Waals surface area contributed by atoms with Crippen molar-refractivity contribution in [1.82, 2.24) is 15.3 Å². The maximum absolute atomic E-state index is 12.5. The number of rotatable bonds is 2. The van der Waals surface area contributed by atoms with Gasteiger partial charge in [-0.05, 0) is 6.92 Å². The van der Waals surface area contributed by atoms with Crippen LogP contribution in [0.1, 0.15) is 6.92 Å². The smallest absolute Gasteiger partial charge is 0.368 e. The minimum atomic E-state index is -5.08. The second-order valence-electron chi connectivity index (χ2n) is 5.33. The van der Waals surface area contributed by atoms with Gasteiger partial charge in [-0.25, -0.2) is 9.78 Å². The fourth-order valence-corrected chi connectivity index (χ4v) is 3.43. The number of nitrogens with one attached hydrogen (secondary N) is 1. The zero-order valence-corrected chi connectivity index (χ0v) is 13.4. The first-order valence-electron chi connectivity index (χ1n) is 7.11. The van der Waals surface area contributed by atoms with E-state index in [1.165, 1.54) is 0 Å². The van der Waals surface area contributed by atoms with Gasteiger partial charge in [0.25, 0.3) is 0 Å². The number of nitrogens with zero attached hydrogens (tertiary/aromatic N) is 4. The van der Waals surface area contributed by atoms with Gasteiger partial charge in [0, 0.05) is 25.7 Å². The molecule has 0 unspecified atom stereocenters. The third-order valence-corrected chi connectivity index (χ3v) is 4.54. The van der Waals surface area contributed by atoms with Crippen molar-refractivity contribution in [2.45, 2.75) is 24.2 Å². The SMILES string of the molecule is C[C@@H]1CNCCN1c1nc(N)nc2c1N(OC(=O)C(F)(F)F)CS2. The minimum Gasteiger partial charge on any atom is -0.368 e. The Kier molecular flexibility index (Phi) is 4.34. The third-order valence-electron chi connectivity index (χ3n) is 3.62. The Morgan fingerprint density at radius 2 is 2.21 bits per heavy atom. The van der Waals surface area contributed by atoms with Gasteiger partial charge in [0.2, 0.25) is 5.95 Å². The highest BCUT2D eigenvalue weighted by Crippen LogP contribution is 2.44. The lowest BCUT2D eigenvalue weighted by molar-refractivity contribution is -0.200. The molecule has 3 N–H and O–H groups in total. The van der Waals surface area contributed by atoms with Crippen molar-refractivity contribution in [1.29, 1.82) is 0 Å². The zero-order valence-electron chi connectivity index (χ0n) is 12.6. The van der Waals surface area contributed by atoms with Crippen molar-refractivity contribution < 1.29 is 22.8 Å². The van der Waals surface area contributed by atoms with E-state index in [2.05, 4.69) is 20.1 Å². The molecule has 0 saturated carbocycles. The number of thioether (sulfide) groups is 1. The molecule has 3 heterocycles. The highest BCUT2D eigenvalue weighted by molar-refractivity contribution is 7.99. The number of nitrogens with two attached hydrogens (primary N) is 1. The molecule has 8 nitrogen and oxygen atoms in total. The van der Waals surface area contributed by atoms with Crippen LogP contribution in [0.5, 0.6) is 0 Å². The van der Waals surface area contributed by atoms with Gasteiger partial charge in [0.05, 0.1) is 0 Å². The van der Waals surface area contributed by atoms with E-state index in [0.717, 1.165) is 16.8 Å². The summed E-state index contributed by atoms with van der Waals surface area (Å²) in [5.41, 5.74) is 5.95. The van der Waals surface area contributed by atoms with Crippen molar-refractivity contribution in [2.24, 2.45) is 0 Å². The lowest BCUT2D eigenvalue weighted by Crippen LogP contribution is -2.50. The molecule has 1 aromatic heterocycles. The summed E-state index contributed by atoms with van der Waals surface area (Å²) in [7, 11) is 0. The van der Waals surface area contributed by atoms with Gasteiger partial charge >= 0.3 is 12.1 Å². The lowest BCUT2D eigenvalue weighted by atomic mass is 10.2. The highest BCUT2D eigenvalue weighted by Gasteiger charge is 2.44. The van der Waals surface area contributed by atoms with Crippen LogP contribution in [0.2, 0.25) is 0 Å². The number of carbonyl (C=O) groups excluding carboxylic acids is 1. The van der Waals surface area contributed by atoms with Crippen LogP contribution in [-0.4, -0.2) is 53.7 Å². The quantitative estimate of drug-likeness (QED) is 0.737. The van der Waals surface area contributed by atoms with Gasteiger partial charge in [0.1, 0.15) is 10.9 Å². The van der Waals surface area contributed by atoms with Crippen LogP contribution < -0.4 is 21.0 Å². The van der Waals surface area contributed by atoms with E-state index in [1.807, 2.05) is 11.8 Å². The summed E-state index contributed by atoms with van der Waals surface area (Å²) < 4.78 is 37.4. The van der Waals surface area contributed by atoms with Crippen molar-refractivity contribution in [3.05, 3.63) is 0 Å². The Morgan fingerprint density at radius 3 is 2.88 bits per heavy atom. The number of alkyl halides is 3. The van der Waals surface area contributed by atoms with Crippen molar-refractivity contribution in [2.75, 3.05) is 41.2 Å². The molecule has 1 atom stereocenters. The molecule has 132 valence electrons. The molecule has 1 fully saturated rings. The molecule has 1 saturated heterocycles. The molecule has 12 heteroatoms. The second-order valence-corrected chi connectivity index (χ2v) is 6.27. The normalized spacial score (nSPS) is 20.9. The summed E-state index contributed by atoms with van der Waals surface area (Å²) in [6, 6.07) is 0.0444. The van der Waals surface area contributed by atoms with Crippen LogP contribution in [0.4, 0.5) is 30.6 Å². The molecule has 2 aliphatic rings. The molecule has 1 aromatic rings. The summed E-state index contributed by atoms with van der Waals surface area (Å²) in [4.78, 5) is 25.8. The van der Waals surface area contributed by atoms with E-state index in [0.29, 0.717) is 30.5 Å². The van der Waals surface area contributed by atoms with Crippen LogP contribution in [0, 0.1) is 0 Å². The number of hydrogen-bond donors (Lipinski definition) is 2. The van der Waals surface area contributed by atoms with E-state index < -0.39 is 12.1 Å². The van der Waals surface area contributed by atoms with Gasteiger partial charge in [-0.15, -0.1) is 0 Å². The molecular weight excluding hydrogens is 349 g/mol. The predicted octanol–water partition coefficient (Wildman–Crippen LogP) is 0.747. The molecule has 0 aromatic carbocycles. The van der Waals surface area contributed by atoms with Crippen LogP contribution >= 0.6 is 11.8 Å². The minimum absolute atomic E-state index is 0.0112. The molecule has 0 aliphatic carbocycles. The van der Waals surface area contributed by atoms with Gasteiger partial charge in [0.15, 0.2) is 11.5 Å². The van der Waals surface area contributed by atoms with Gasteiger partial charge in [-0.2, -0.15) is 23.2 Å². The fourth-order valence-electron chi connectivity index (χ4n) is 2.52. The summed E-state index contributed by atoms with van der Waals surface area (Å²) in [6.45, 7) is 3.92. The Bertz CT molecular complexity index is 658. The van der Waals surface area contributed by atoms with Crippen molar-refractivity contribution in [3.8, 4) is 0 Å². The summed E-state index contributed by atoms with van der Waals surface area (Å²) in [5, 5.41) is 4.47. The molecule has 0 bridgehead atoms. The first kappa shape index (κ1) is 16.9. The number of anilines is 3. The maximum Gasteiger partial charge on any atom is 0.493 e. The number of nitrogen functional groups attached to an aromatic ring is 1. The monoisotopic (exact) mass is 364 g/mol. The standard InChI is InChI=1S/C12H15F3N6O2S/c1-6-4-17-2-3-20(6)8-7-9(19-11(16)18-8)24-5-21(7)23-10(22)12(13,14)15/h6,17H,2-5H2,1H3,(H2,16,18,19)/t6-/m1/s1. The second kappa shape index (κ2) is 6.16.